The molecule has 0 bridgehead atoms. The topological polar surface area (TPSA) is 18.5 Å². The van der Waals surface area contributed by atoms with Crippen molar-refractivity contribution in [3.05, 3.63) is 47.6 Å². The third kappa shape index (κ3) is 4.72. The fraction of sp³-hybridized carbons (Fsp3) is 0.357. The minimum absolute atomic E-state index is 0.0203. The molecule has 1 aromatic rings. The van der Waals surface area contributed by atoms with E-state index >= 15 is 0 Å². The Bertz CT molecular complexity index is 449. The summed E-state index contributed by atoms with van der Waals surface area (Å²) in [6, 6.07) is 7.44. The van der Waals surface area contributed by atoms with Crippen molar-refractivity contribution in [2.75, 3.05) is 13.2 Å². The summed E-state index contributed by atoms with van der Waals surface area (Å²) in [7, 11) is 0. The van der Waals surface area contributed by atoms with Gasteiger partial charge in [0.15, 0.2) is 0 Å². The first kappa shape index (κ1) is 15.2. The van der Waals surface area contributed by atoms with Crippen LogP contribution in [0.1, 0.15) is 19.4 Å². The highest BCUT2D eigenvalue weighted by molar-refractivity contribution is 5.68. The molecule has 0 saturated carbocycles. The fourth-order valence-corrected chi connectivity index (χ4v) is 1.39. The molecular weight excluding hydrogens is 257 g/mol. The number of hydrogen-bond acceptors (Lipinski definition) is 2. The Hall–Kier alpha value is -1.87. The highest BCUT2D eigenvalue weighted by atomic mass is 19.4. The van der Waals surface area contributed by atoms with Crippen molar-refractivity contribution in [2.45, 2.75) is 20.0 Å². The van der Waals surface area contributed by atoms with Gasteiger partial charge in [0.1, 0.15) is 5.57 Å². The maximum Gasteiger partial charge on any atom is 0.424 e. The molecule has 0 unspecified atom stereocenters. The second-order valence-electron chi connectivity index (χ2n) is 3.52. The first-order valence-corrected chi connectivity index (χ1v) is 5.88. The number of alkyl halides is 3. The van der Waals surface area contributed by atoms with E-state index in [-0.39, 0.29) is 24.7 Å². The molecule has 0 N–H and O–H groups in total. The predicted molar refractivity (Wildman–Crippen MR) is 66.2 cm³/mol. The van der Waals surface area contributed by atoms with Crippen LogP contribution in [0.5, 0.6) is 0 Å². The van der Waals surface area contributed by atoms with E-state index in [1.54, 1.807) is 19.9 Å². The Labute approximate surface area is 110 Å². The summed E-state index contributed by atoms with van der Waals surface area (Å²) < 4.78 is 49.1. The highest BCUT2D eigenvalue weighted by Crippen LogP contribution is 2.33. The van der Waals surface area contributed by atoms with Gasteiger partial charge in [0.25, 0.3) is 0 Å². The lowest BCUT2D eigenvalue weighted by Gasteiger charge is -2.11. The van der Waals surface area contributed by atoms with Crippen LogP contribution >= 0.6 is 0 Å². The van der Waals surface area contributed by atoms with E-state index in [1.807, 2.05) is 0 Å². The van der Waals surface area contributed by atoms with Crippen LogP contribution in [0, 0.1) is 0 Å². The minimum Gasteiger partial charge on any atom is -0.460 e. The molecule has 0 heterocycles. The van der Waals surface area contributed by atoms with Crippen LogP contribution in [0.15, 0.2) is 42.0 Å². The van der Waals surface area contributed by atoms with Crippen LogP contribution in [-0.2, 0) is 9.47 Å². The van der Waals surface area contributed by atoms with Crippen LogP contribution in [0.3, 0.4) is 0 Å². The van der Waals surface area contributed by atoms with Gasteiger partial charge in [0.05, 0.1) is 13.2 Å². The number of ether oxygens (including phenoxy) is 2. The van der Waals surface area contributed by atoms with Gasteiger partial charge in [-0.1, -0.05) is 30.3 Å². The van der Waals surface area contributed by atoms with Gasteiger partial charge in [0, 0.05) is 0 Å². The lowest BCUT2D eigenvalue weighted by Crippen LogP contribution is -2.10. The zero-order chi connectivity index (χ0) is 14.3. The van der Waals surface area contributed by atoms with Gasteiger partial charge in [-0.3, -0.25) is 0 Å². The zero-order valence-electron chi connectivity index (χ0n) is 10.8. The molecule has 0 spiro atoms. The van der Waals surface area contributed by atoms with E-state index < -0.39 is 11.7 Å². The molecule has 1 aromatic carbocycles. The summed E-state index contributed by atoms with van der Waals surface area (Å²) in [5.74, 6) is -0.249. The Morgan fingerprint density at radius 3 is 2.00 bits per heavy atom. The van der Waals surface area contributed by atoms with Crippen molar-refractivity contribution >= 4 is 5.57 Å². The van der Waals surface area contributed by atoms with E-state index in [0.717, 1.165) is 0 Å². The minimum atomic E-state index is -4.53. The van der Waals surface area contributed by atoms with Gasteiger partial charge < -0.3 is 9.47 Å². The maximum atomic E-state index is 13.0. The Morgan fingerprint density at radius 1 is 1.05 bits per heavy atom. The molecule has 104 valence electrons. The van der Waals surface area contributed by atoms with Gasteiger partial charge in [-0.2, -0.15) is 13.2 Å². The van der Waals surface area contributed by atoms with Crippen LogP contribution in [0.4, 0.5) is 13.2 Å². The van der Waals surface area contributed by atoms with Crippen LogP contribution < -0.4 is 0 Å². The van der Waals surface area contributed by atoms with Crippen molar-refractivity contribution in [1.29, 1.82) is 0 Å². The Morgan fingerprint density at radius 2 is 1.58 bits per heavy atom. The SMILES string of the molecule is CCOC(=C=C(c1ccccc1)C(F)(F)F)OCC. The van der Waals surface area contributed by atoms with Crippen molar-refractivity contribution in [2.24, 2.45) is 0 Å². The fourth-order valence-electron chi connectivity index (χ4n) is 1.39. The molecule has 0 aliphatic heterocycles. The van der Waals surface area contributed by atoms with Gasteiger partial charge in [-0.05, 0) is 25.1 Å². The zero-order valence-corrected chi connectivity index (χ0v) is 10.8. The van der Waals surface area contributed by atoms with E-state index in [2.05, 4.69) is 5.73 Å². The average molecular weight is 272 g/mol. The summed E-state index contributed by atoms with van der Waals surface area (Å²) in [6.45, 7) is 3.75. The standard InChI is InChI=1S/C14H15F3O2/c1-3-18-13(19-4-2)10-12(14(15,16)17)11-8-6-5-7-9-11/h5-9H,3-4H2,1-2H3. The van der Waals surface area contributed by atoms with Crippen LogP contribution in [0.2, 0.25) is 0 Å². The summed E-state index contributed by atoms with van der Waals surface area (Å²) in [5.41, 5.74) is 1.28. The predicted octanol–water partition coefficient (Wildman–Crippen LogP) is 4.15. The maximum absolute atomic E-state index is 13.0. The number of hydrogen-bond donors (Lipinski definition) is 0. The third-order valence-electron chi connectivity index (χ3n) is 2.12. The van der Waals surface area contributed by atoms with E-state index in [4.69, 9.17) is 9.47 Å². The lowest BCUT2D eigenvalue weighted by molar-refractivity contribution is -0.0692. The van der Waals surface area contributed by atoms with Crippen molar-refractivity contribution in [3.63, 3.8) is 0 Å². The molecule has 0 fully saturated rings. The van der Waals surface area contributed by atoms with Gasteiger partial charge in [-0.15, -0.1) is 0 Å². The quantitative estimate of drug-likeness (QED) is 0.592. The summed E-state index contributed by atoms with van der Waals surface area (Å²) in [4.78, 5) is 0. The molecule has 1 rings (SSSR count). The molecule has 19 heavy (non-hydrogen) atoms. The lowest BCUT2D eigenvalue weighted by atomic mass is 10.1. The molecule has 0 radical (unpaired) electrons. The molecule has 0 saturated heterocycles. The van der Waals surface area contributed by atoms with E-state index in [1.165, 1.54) is 24.3 Å². The first-order chi connectivity index (χ1) is 8.99. The molecule has 0 atom stereocenters. The Kier molecular flexibility index (Phi) is 5.52. The van der Waals surface area contributed by atoms with Crippen molar-refractivity contribution < 1.29 is 22.6 Å². The largest absolute Gasteiger partial charge is 0.460 e. The highest BCUT2D eigenvalue weighted by Gasteiger charge is 2.35. The van der Waals surface area contributed by atoms with E-state index in [0.29, 0.717) is 0 Å². The molecule has 5 heteroatoms. The number of rotatable bonds is 5. The number of allylic oxidation sites excluding steroid dienone is 1. The number of benzene rings is 1. The monoisotopic (exact) mass is 272 g/mol. The average Bonchev–Trinajstić information content (AvgIpc) is 2.36. The van der Waals surface area contributed by atoms with Crippen LogP contribution in [0.25, 0.3) is 5.57 Å². The normalized spacial score (nSPS) is 10.6. The summed E-state index contributed by atoms with van der Waals surface area (Å²) >= 11 is 0. The van der Waals surface area contributed by atoms with Crippen molar-refractivity contribution in [1.82, 2.24) is 0 Å². The first-order valence-electron chi connectivity index (χ1n) is 5.88. The van der Waals surface area contributed by atoms with Crippen molar-refractivity contribution in [3.8, 4) is 0 Å². The van der Waals surface area contributed by atoms with E-state index in [9.17, 15) is 13.2 Å². The molecule has 0 amide bonds. The molecule has 0 aliphatic rings. The summed E-state index contributed by atoms with van der Waals surface area (Å²) in [6.07, 6.45) is -4.53. The second-order valence-corrected chi connectivity index (χ2v) is 3.52. The molecule has 0 aliphatic carbocycles. The van der Waals surface area contributed by atoms with Gasteiger partial charge in [-0.25, -0.2) is 0 Å². The molecular formula is C14H15F3O2. The molecule has 2 nitrogen and oxygen atoms in total. The van der Waals surface area contributed by atoms with Gasteiger partial charge >= 0.3 is 12.1 Å². The molecule has 0 aromatic heterocycles. The van der Waals surface area contributed by atoms with Gasteiger partial charge in [0.2, 0.25) is 0 Å². The number of halogens is 3. The smallest absolute Gasteiger partial charge is 0.424 e. The third-order valence-corrected chi connectivity index (χ3v) is 2.12. The summed E-state index contributed by atoms with van der Waals surface area (Å²) in [5, 5.41) is 0. The van der Waals surface area contributed by atoms with Crippen LogP contribution in [-0.4, -0.2) is 19.4 Å². The second kappa shape index (κ2) is 6.90. The Balaban J connectivity index is 3.34.